The minimum Gasteiger partial charge on any atom is -0.337 e. The van der Waals surface area contributed by atoms with Crippen LogP contribution >= 0.6 is 23.6 Å². The standard InChI is InChI=1S/C27H30F3N5O2S2/c1-26(2)24(37)35(20-9-8-19(18-31)21(17-20)27(28,29)30)25(38)34(26)13-4-3-10-32-11-6-12-33(15-14-32)23(36)22-7-5-16-39-22/h5,7-9,16-17H,3-4,6,10-15H2,1-2H3. The Morgan fingerprint density at radius 3 is 2.54 bits per heavy atom. The van der Waals surface area contributed by atoms with Crippen LogP contribution in [0.15, 0.2) is 35.7 Å². The number of carbonyl (C=O) groups is 2. The third-order valence-corrected chi connectivity index (χ3v) is 8.49. The molecule has 3 heterocycles. The van der Waals surface area contributed by atoms with Gasteiger partial charge in [0.2, 0.25) is 0 Å². The molecule has 12 heteroatoms. The smallest absolute Gasteiger partial charge is 0.337 e. The Morgan fingerprint density at radius 1 is 1.13 bits per heavy atom. The molecule has 2 fully saturated rings. The second-order valence-corrected chi connectivity index (χ2v) is 11.5. The molecular weight excluding hydrogens is 547 g/mol. The lowest BCUT2D eigenvalue weighted by molar-refractivity contribution is -0.137. The Labute approximate surface area is 235 Å². The third kappa shape index (κ3) is 6.10. The molecule has 1 aromatic heterocycles. The van der Waals surface area contributed by atoms with Crippen molar-refractivity contribution in [2.75, 3.05) is 44.2 Å². The highest BCUT2D eigenvalue weighted by Gasteiger charge is 2.49. The van der Waals surface area contributed by atoms with E-state index in [2.05, 4.69) is 4.90 Å². The SMILES string of the molecule is CC1(C)C(=O)N(c2ccc(C#N)c(C(F)(F)F)c2)C(=S)N1CCCCN1CCCN(C(=O)c2cccs2)CC1. The fraction of sp³-hybridized carbons (Fsp3) is 0.481. The van der Waals surface area contributed by atoms with Gasteiger partial charge in [-0.2, -0.15) is 18.4 Å². The first kappa shape index (κ1) is 29.0. The van der Waals surface area contributed by atoms with Gasteiger partial charge in [0.05, 0.1) is 27.8 Å². The molecule has 2 aromatic rings. The zero-order chi connectivity index (χ0) is 28.4. The van der Waals surface area contributed by atoms with Crippen LogP contribution in [0.1, 0.15) is 53.9 Å². The zero-order valence-electron chi connectivity index (χ0n) is 21.8. The van der Waals surface area contributed by atoms with Crippen LogP contribution in [0.2, 0.25) is 0 Å². The number of amides is 2. The average Bonchev–Trinajstić information content (AvgIpc) is 3.39. The monoisotopic (exact) mass is 577 g/mol. The predicted molar refractivity (Wildman–Crippen MR) is 148 cm³/mol. The molecule has 0 N–H and O–H groups in total. The van der Waals surface area contributed by atoms with Crippen molar-refractivity contribution in [3.05, 3.63) is 51.7 Å². The number of unbranched alkanes of at least 4 members (excludes halogenated alkanes) is 1. The molecule has 39 heavy (non-hydrogen) atoms. The fourth-order valence-electron chi connectivity index (χ4n) is 5.00. The van der Waals surface area contributed by atoms with Gasteiger partial charge in [-0.3, -0.25) is 14.5 Å². The van der Waals surface area contributed by atoms with Crippen molar-refractivity contribution < 1.29 is 22.8 Å². The van der Waals surface area contributed by atoms with E-state index < -0.39 is 28.7 Å². The van der Waals surface area contributed by atoms with E-state index in [0.717, 1.165) is 67.4 Å². The number of thiocarbonyl (C=S) groups is 1. The van der Waals surface area contributed by atoms with Crippen molar-refractivity contribution in [3.8, 4) is 6.07 Å². The number of rotatable bonds is 7. The fourth-order valence-corrected chi connectivity index (χ4v) is 6.20. The van der Waals surface area contributed by atoms with Gasteiger partial charge in [-0.05, 0) is 88.1 Å². The summed E-state index contributed by atoms with van der Waals surface area (Å²) in [6.07, 6.45) is -2.26. The number of hydrogen-bond donors (Lipinski definition) is 0. The molecule has 0 spiro atoms. The maximum absolute atomic E-state index is 13.5. The molecule has 0 unspecified atom stereocenters. The molecule has 2 aliphatic rings. The molecule has 0 atom stereocenters. The highest BCUT2D eigenvalue weighted by atomic mass is 32.1. The number of alkyl halides is 3. The lowest BCUT2D eigenvalue weighted by Crippen LogP contribution is -2.44. The van der Waals surface area contributed by atoms with E-state index in [1.165, 1.54) is 17.4 Å². The predicted octanol–water partition coefficient (Wildman–Crippen LogP) is 4.98. The number of hydrogen-bond acceptors (Lipinski definition) is 6. The normalized spacial score (nSPS) is 18.4. The largest absolute Gasteiger partial charge is 0.417 e. The first-order chi connectivity index (χ1) is 18.4. The van der Waals surface area contributed by atoms with Crippen molar-refractivity contribution in [3.63, 3.8) is 0 Å². The van der Waals surface area contributed by atoms with Gasteiger partial charge in [0, 0.05) is 26.2 Å². The Balaban J connectivity index is 1.34. The molecule has 0 radical (unpaired) electrons. The highest BCUT2D eigenvalue weighted by Crippen LogP contribution is 2.38. The van der Waals surface area contributed by atoms with Gasteiger partial charge >= 0.3 is 6.18 Å². The van der Waals surface area contributed by atoms with Gasteiger partial charge in [0.25, 0.3) is 11.8 Å². The lowest BCUT2D eigenvalue weighted by atomic mass is 10.0. The topological polar surface area (TPSA) is 70.9 Å². The van der Waals surface area contributed by atoms with Gasteiger partial charge in [-0.15, -0.1) is 11.3 Å². The number of carbonyl (C=O) groups excluding carboxylic acids is 2. The van der Waals surface area contributed by atoms with Gasteiger partial charge in [0.15, 0.2) is 5.11 Å². The molecule has 0 bridgehead atoms. The molecule has 208 valence electrons. The number of nitriles is 1. The Morgan fingerprint density at radius 2 is 1.87 bits per heavy atom. The van der Waals surface area contributed by atoms with Crippen molar-refractivity contribution in [2.24, 2.45) is 0 Å². The third-order valence-electron chi connectivity index (χ3n) is 7.22. The van der Waals surface area contributed by atoms with Crippen LogP contribution in [0, 0.1) is 11.3 Å². The first-order valence-corrected chi connectivity index (χ1v) is 14.1. The number of thiophene rings is 1. The van der Waals surface area contributed by atoms with Gasteiger partial charge in [-0.25, -0.2) is 0 Å². The van der Waals surface area contributed by atoms with Gasteiger partial charge in [-0.1, -0.05) is 6.07 Å². The molecule has 2 aliphatic heterocycles. The van der Waals surface area contributed by atoms with E-state index in [-0.39, 0.29) is 16.7 Å². The van der Waals surface area contributed by atoms with Crippen LogP contribution in [0.4, 0.5) is 18.9 Å². The minimum atomic E-state index is -4.73. The number of benzene rings is 1. The summed E-state index contributed by atoms with van der Waals surface area (Å²) in [4.78, 5) is 33.8. The summed E-state index contributed by atoms with van der Waals surface area (Å²) in [5.74, 6) is -0.330. The molecular formula is C27H30F3N5O2S2. The van der Waals surface area contributed by atoms with E-state index in [1.54, 1.807) is 24.8 Å². The summed E-state index contributed by atoms with van der Waals surface area (Å²) in [6.45, 7) is 7.83. The van der Waals surface area contributed by atoms with Crippen LogP contribution in [-0.2, 0) is 11.0 Å². The van der Waals surface area contributed by atoms with Crippen LogP contribution in [0.25, 0.3) is 0 Å². The van der Waals surface area contributed by atoms with E-state index in [1.807, 2.05) is 22.4 Å². The molecule has 2 amide bonds. The quantitative estimate of drug-likeness (QED) is 0.342. The molecule has 0 saturated carbocycles. The molecule has 2 saturated heterocycles. The second-order valence-electron chi connectivity index (χ2n) is 10.1. The van der Waals surface area contributed by atoms with E-state index in [9.17, 15) is 22.8 Å². The van der Waals surface area contributed by atoms with Gasteiger partial charge < -0.3 is 14.7 Å². The average molecular weight is 578 g/mol. The summed E-state index contributed by atoms with van der Waals surface area (Å²) >= 11 is 7.02. The van der Waals surface area contributed by atoms with Crippen molar-refractivity contribution in [2.45, 2.75) is 44.8 Å². The maximum Gasteiger partial charge on any atom is 0.417 e. The van der Waals surface area contributed by atoms with E-state index >= 15 is 0 Å². The highest BCUT2D eigenvalue weighted by molar-refractivity contribution is 7.80. The molecule has 7 nitrogen and oxygen atoms in total. The van der Waals surface area contributed by atoms with Crippen LogP contribution in [0.3, 0.4) is 0 Å². The molecule has 1 aromatic carbocycles. The van der Waals surface area contributed by atoms with Gasteiger partial charge in [0.1, 0.15) is 5.54 Å². The van der Waals surface area contributed by atoms with E-state index in [4.69, 9.17) is 17.5 Å². The van der Waals surface area contributed by atoms with E-state index in [0.29, 0.717) is 13.1 Å². The number of nitrogens with zero attached hydrogens (tertiary/aromatic N) is 5. The lowest BCUT2D eigenvalue weighted by Gasteiger charge is -2.29. The second kappa shape index (κ2) is 11.6. The summed E-state index contributed by atoms with van der Waals surface area (Å²) in [6, 6.07) is 8.49. The summed E-state index contributed by atoms with van der Waals surface area (Å²) < 4.78 is 40.5. The number of halogens is 3. The minimum absolute atomic E-state index is 0.00174. The molecule has 4 rings (SSSR count). The first-order valence-electron chi connectivity index (χ1n) is 12.8. The summed E-state index contributed by atoms with van der Waals surface area (Å²) in [5, 5.41) is 11.1. The number of anilines is 1. The zero-order valence-corrected chi connectivity index (χ0v) is 23.5. The van der Waals surface area contributed by atoms with Crippen LogP contribution < -0.4 is 4.90 Å². The summed E-state index contributed by atoms with van der Waals surface area (Å²) in [5.41, 5.74) is -2.62. The Kier molecular flexibility index (Phi) is 8.63. The summed E-state index contributed by atoms with van der Waals surface area (Å²) in [7, 11) is 0. The van der Waals surface area contributed by atoms with Crippen LogP contribution in [0.5, 0.6) is 0 Å². The Hall–Kier alpha value is -3.01. The maximum atomic E-state index is 13.5. The Bertz CT molecular complexity index is 1270. The van der Waals surface area contributed by atoms with Crippen molar-refractivity contribution in [1.82, 2.24) is 14.7 Å². The van der Waals surface area contributed by atoms with Crippen LogP contribution in [-0.4, -0.2) is 76.4 Å². The van der Waals surface area contributed by atoms with Crippen molar-refractivity contribution >= 4 is 46.2 Å². The van der Waals surface area contributed by atoms with Crippen molar-refractivity contribution in [1.29, 1.82) is 5.26 Å². The molecule has 0 aliphatic carbocycles.